The molecule has 4 nitrogen and oxygen atoms in total. The highest BCUT2D eigenvalue weighted by atomic mass is 19.1. The molecule has 0 bridgehead atoms. The molecule has 5 heteroatoms. The van der Waals surface area contributed by atoms with Gasteiger partial charge < -0.3 is 4.74 Å². The van der Waals surface area contributed by atoms with E-state index in [1.807, 2.05) is 0 Å². The van der Waals surface area contributed by atoms with Crippen LogP contribution >= 0.6 is 0 Å². The Bertz CT molecular complexity index is 362. The van der Waals surface area contributed by atoms with Gasteiger partial charge in [-0.1, -0.05) is 0 Å². The third kappa shape index (κ3) is 1.50. The number of nitro benzene ring substituents is 1. The van der Waals surface area contributed by atoms with E-state index in [-0.39, 0.29) is 11.8 Å². The number of nitrogens with zero attached hydrogens (tertiary/aromatic N) is 1. The molecule has 1 atom stereocenters. The standard InChI is InChI=1S/C8H6FNO3/c9-7-3-5(10(11)12)1-2-6(7)8-4-13-8/h1-3,8H,4H2/t8-/m1/s1. The molecule has 0 amide bonds. The van der Waals surface area contributed by atoms with Crippen LogP contribution in [0.1, 0.15) is 11.7 Å². The molecular formula is C8H6FNO3. The molecule has 1 aliphatic rings. The Labute approximate surface area is 73.1 Å². The van der Waals surface area contributed by atoms with Gasteiger partial charge in [0, 0.05) is 11.6 Å². The van der Waals surface area contributed by atoms with Crippen LogP contribution in [0.2, 0.25) is 0 Å². The summed E-state index contributed by atoms with van der Waals surface area (Å²) in [6, 6.07) is 3.59. The number of non-ortho nitro benzene ring substituents is 1. The average molecular weight is 183 g/mol. The second-order valence-corrected chi connectivity index (χ2v) is 2.78. The molecule has 0 aromatic heterocycles. The molecule has 1 saturated heterocycles. The Morgan fingerprint density at radius 2 is 2.31 bits per heavy atom. The van der Waals surface area contributed by atoms with Crippen molar-refractivity contribution in [3.8, 4) is 0 Å². The summed E-state index contributed by atoms with van der Waals surface area (Å²) >= 11 is 0. The minimum Gasteiger partial charge on any atom is -0.368 e. The van der Waals surface area contributed by atoms with Crippen LogP contribution in [0.5, 0.6) is 0 Å². The number of nitro groups is 1. The van der Waals surface area contributed by atoms with Crippen molar-refractivity contribution in [3.05, 3.63) is 39.7 Å². The molecule has 1 aliphatic heterocycles. The molecule has 0 saturated carbocycles. The van der Waals surface area contributed by atoms with E-state index < -0.39 is 10.7 Å². The van der Waals surface area contributed by atoms with Gasteiger partial charge in [-0.05, 0) is 6.07 Å². The van der Waals surface area contributed by atoms with Crippen molar-refractivity contribution in [2.75, 3.05) is 6.61 Å². The summed E-state index contributed by atoms with van der Waals surface area (Å²) < 4.78 is 18.0. The van der Waals surface area contributed by atoms with Crippen molar-refractivity contribution in [1.82, 2.24) is 0 Å². The second-order valence-electron chi connectivity index (χ2n) is 2.78. The Balaban J connectivity index is 2.36. The van der Waals surface area contributed by atoms with Gasteiger partial charge in [0.15, 0.2) is 0 Å². The fraction of sp³-hybridized carbons (Fsp3) is 0.250. The highest BCUT2D eigenvalue weighted by Crippen LogP contribution is 2.32. The van der Waals surface area contributed by atoms with Crippen LogP contribution in [-0.2, 0) is 4.74 Å². The predicted molar refractivity (Wildman–Crippen MR) is 41.7 cm³/mol. The smallest absolute Gasteiger partial charge is 0.272 e. The zero-order valence-corrected chi connectivity index (χ0v) is 6.57. The van der Waals surface area contributed by atoms with Crippen LogP contribution in [0.15, 0.2) is 18.2 Å². The fourth-order valence-corrected chi connectivity index (χ4v) is 1.12. The summed E-state index contributed by atoms with van der Waals surface area (Å²) in [4.78, 5) is 9.63. The molecule has 0 spiro atoms. The Kier molecular flexibility index (Phi) is 1.73. The largest absolute Gasteiger partial charge is 0.368 e. The molecule has 0 aliphatic carbocycles. The normalized spacial score (nSPS) is 19.9. The second kappa shape index (κ2) is 2.77. The van der Waals surface area contributed by atoms with Gasteiger partial charge in [-0.25, -0.2) is 4.39 Å². The van der Waals surface area contributed by atoms with E-state index in [0.29, 0.717) is 12.2 Å². The zero-order chi connectivity index (χ0) is 9.42. The molecule has 1 aromatic carbocycles. The molecule has 1 fully saturated rings. The molecule has 13 heavy (non-hydrogen) atoms. The lowest BCUT2D eigenvalue weighted by molar-refractivity contribution is -0.385. The number of ether oxygens (including phenoxy) is 1. The number of halogens is 1. The van der Waals surface area contributed by atoms with Crippen LogP contribution in [0.25, 0.3) is 0 Å². The van der Waals surface area contributed by atoms with E-state index in [1.165, 1.54) is 12.1 Å². The Morgan fingerprint density at radius 3 is 2.77 bits per heavy atom. The van der Waals surface area contributed by atoms with Gasteiger partial charge >= 0.3 is 0 Å². The summed E-state index contributed by atoms with van der Waals surface area (Å²) in [5, 5.41) is 10.3. The van der Waals surface area contributed by atoms with Crippen LogP contribution < -0.4 is 0 Å². The summed E-state index contributed by atoms with van der Waals surface area (Å²) in [7, 11) is 0. The van der Waals surface area contributed by atoms with Crippen LogP contribution in [-0.4, -0.2) is 11.5 Å². The maximum atomic E-state index is 13.1. The maximum absolute atomic E-state index is 13.1. The monoisotopic (exact) mass is 183 g/mol. The van der Waals surface area contributed by atoms with Crippen molar-refractivity contribution in [2.24, 2.45) is 0 Å². The van der Waals surface area contributed by atoms with Gasteiger partial charge in [-0.15, -0.1) is 0 Å². The summed E-state index contributed by atoms with van der Waals surface area (Å²) in [6.07, 6.45) is -0.208. The predicted octanol–water partition coefficient (Wildman–Crippen LogP) is 1.81. The van der Waals surface area contributed by atoms with Crippen LogP contribution in [0.4, 0.5) is 10.1 Å². The summed E-state index contributed by atoms with van der Waals surface area (Å²) in [5.41, 5.74) is 0.160. The molecule has 1 heterocycles. The molecule has 1 aromatic rings. The molecule has 2 rings (SSSR count). The lowest BCUT2D eigenvalue weighted by atomic mass is 10.1. The third-order valence-corrected chi connectivity index (χ3v) is 1.88. The van der Waals surface area contributed by atoms with Gasteiger partial charge in [0.25, 0.3) is 5.69 Å². The van der Waals surface area contributed by atoms with E-state index in [2.05, 4.69) is 0 Å². The van der Waals surface area contributed by atoms with Crippen molar-refractivity contribution in [2.45, 2.75) is 6.10 Å². The van der Waals surface area contributed by atoms with Crippen molar-refractivity contribution in [1.29, 1.82) is 0 Å². The lowest BCUT2D eigenvalue weighted by Crippen LogP contribution is -1.92. The number of hydrogen-bond acceptors (Lipinski definition) is 3. The van der Waals surface area contributed by atoms with Gasteiger partial charge in [-0.2, -0.15) is 0 Å². The lowest BCUT2D eigenvalue weighted by Gasteiger charge is -1.97. The van der Waals surface area contributed by atoms with Crippen LogP contribution in [0.3, 0.4) is 0 Å². The van der Waals surface area contributed by atoms with Gasteiger partial charge in [0.2, 0.25) is 0 Å². The highest BCUT2D eigenvalue weighted by molar-refractivity contribution is 5.36. The molecular weight excluding hydrogens is 177 g/mol. The first-order chi connectivity index (χ1) is 6.18. The quantitative estimate of drug-likeness (QED) is 0.399. The first kappa shape index (κ1) is 8.12. The fourth-order valence-electron chi connectivity index (χ4n) is 1.12. The SMILES string of the molecule is O=[N+]([O-])c1ccc([C@H]2CO2)c(F)c1. The van der Waals surface area contributed by atoms with E-state index in [1.54, 1.807) is 0 Å². The van der Waals surface area contributed by atoms with Crippen molar-refractivity contribution < 1.29 is 14.1 Å². The Morgan fingerprint density at radius 1 is 1.62 bits per heavy atom. The van der Waals surface area contributed by atoms with Gasteiger partial charge in [0.05, 0.1) is 17.6 Å². The first-order valence-corrected chi connectivity index (χ1v) is 3.74. The third-order valence-electron chi connectivity index (χ3n) is 1.88. The highest BCUT2D eigenvalue weighted by Gasteiger charge is 2.28. The molecule has 0 radical (unpaired) electrons. The minimum atomic E-state index is -0.624. The maximum Gasteiger partial charge on any atom is 0.272 e. The summed E-state index contributed by atoms with van der Waals surface area (Å²) in [5.74, 6) is -0.572. The van der Waals surface area contributed by atoms with E-state index >= 15 is 0 Å². The van der Waals surface area contributed by atoms with Gasteiger partial charge in [0.1, 0.15) is 11.9 Å². The van der Waals surface area contributed by atoms with Crippen LogP contribution in [0, 0.1) is 15.9 Å². The number of rotatable bonds is 2. The topological polar surface area (TPSA) is 55.7 Å². The number of benzene rings is 1. The van der Waals surface area contributed by atoms with Crippen molar-refractivity contribution in [3.63, 3.8) is 0 Å². The molecule has 0 unspecified atom stereocenters. The number of epoxide rings is 1. The zero-order valence-electron chi connectivity index (χ0n) is 6.57. The summed E-state index contributed by atoms with van der Waals surface area (Å²) in [6.45, 7) is 0.495. The average Bonchev–Trinajstić information content (AvgIpc) is 2.87. The minimum absolute atomic E-state index is 0.208. The van der Waals surface area contributed by atoms with E-state index in [4.69, 9.17) is 4.74 Å². The molecule has 0 N–H and O–H groups in total. The Hall–Kier alpha value is -1.49. The van der Waals surface area contributed by atoms with E-state index in [9.17, 15) is 14.5 Å². The molecule has 68 valence electrons. The number of hydrogen-bond donors (Lipinski definition) is 0. The first-order valence-electron chi connectivity index (χ1n) is 3.74. The van der Waals surface area contributed by atoms with Gasteiger partial charge in [-0.3, -0.25) is 10.1 Å². The van der Waals surface area contributed by atoms with E-state index in [0.717, 1.165) is 6.07 Å². The van der Waals surface area contributed by atoms with Crippen molar-refractivity contribution >= 4 is 5.69 Å².